The Morgan fingerprint density at radius 3 is 2.48 bits per heavy atom. The third kappa shape index (κ3) is 5.04. The number of carbonyl (C=O) groups is 1. The number of aromatic hydroxyl groups is 1. The van der Waals surface area contributed by atoms with E-state index in [1.165, 1.54) is 29.5 Å². The van der Waals surface area contributed by atoms with Crippen LogP contribution in [0, 0.1) is 26.7 Å². The fourth-order valence-corrected chi connectivity index (χ4v) is 6.47. The lowest BCUT2D eigenvalue weighted by Crippen LogP contribution is -2.20. The van der Waals surface area contributed by atoms with Crippen molar-refractivity contribution in [2.75, 3.05) is 10.0 Å². The number of carbonyl (C=O) groups excluding carboxylic acids is 1. The van der Waals surface area contributed by atoms with Crippen molar-refractivity contribution in [3.8, 4) is 16.2 Å². The van der Waals surface area contributed by atoms with E-state index < -0.39 is 10.0 Å². The highest BCUT2D eigenvalue weighted by atomic mass is 32.2. The Morgan fingerprint density at radius 1 is 1.06 bits per heavy atom. The number of hydrogen-bond acceptors (Lipinski definition) is 6. The maximum Gasteiger partial charge on any atom is 0.262 e. The number of nitrogens with one attached hydrogen (secondary N) is 2. The van der Waals surface area contributed by atoms with Gasteiger partial charge in [-0.1, -0.05) is 36.3 Å². The first-order valence-corrected chi connectivity index (χ1v) is 13.2. The van der Waals surface area contributed by atoms with Gasteiger partial charge in [0.25, 0.3) is 10.0 Å². The second-order valence-electron chi connectivity index (χ2n) is 8.49. The van der Waals surface area contributed by atoms with Gasteiger partial charge in [-0.25, -0.2) is 13.4 Å². The Hall–Kier alpha value is -2.91. The fourth-order valence-electron chi connectivity index (χ4n) is 4.11. The first-order chi connectivity index (χ1) is 15.6. The molecule has 0 spiro atoms. The predicted octanol–water partition coefficient (Wildman–Crippen LogP) is 5.37. The molecule has 1 saturated carbocycles. The van der Waals surface area contributed by atoms with Gasteiger partial charge in [0.1, 0.15) is 5.75 Å². The van der Waals surface area contributed by atoms with Gasteiger partial charge in [0.2, 0.25) is 5.91 Å². The van der Waals surface area contributed by atoms with Crippen LogP contribution in [0.1, 0.15) is 42.5 Å². The van der Waals surface area contributed by atoms with Crippen molar-refractivity contribution in [3.63, 3.8) is 0 Å². The normalized spacial score (nSPS) is 14.4. The van der Waals surface area contributed by atoms with Crippen LogP contribution >= 0.6 is 11.3 Å². The topological polar surface area (TPSA) is 108 Å². The molecule has 0 aliphatic heterocycles. The standard InChI is InChI=1S/C24H27N3O4S2/c1-14-8-9-18(13-21(14)33(30,31)27-20-11-10-19(28)12-15(20)2)22-16(3)25-24(32-22)26-23(29)17-6-4-5-7-17/h8-13,17,27-28H,4-7H2,1-3H3,(H,25,26,29). The third-order valence-corrected chi connectivity index (χ3v) is 8.58. The molecule has 7 nitrogen and oxygen atoms in total. The van der Waals surface area contributed by atoms with Gasteiger partial charge >= 0.3 is 0 Å². The zero-order valence-electron chi connectivity index (χ0n) is 18.8. The van der Waals surface area contributed by atoms with Crippen molar-refractivity contribution in [2.24, 2.45) is 5.92 Å². The molecule has 174 valence electrons. The zero-order chi connectivity index (χ0) is 23.8. The van der Waals surface area contributed by atoms with Crippen molar-refractivity contribution in [3.05, 3.63) is 53.2 Å². The molecule has 33 heavy (non-hydrogen) atoms. The van der Waals surface area contributed by atoms with Crippen molar-refractivity contribution < 1.29 is 18.3 Å². The van der Waals surface area contributed by atoms with Gasteiger partial charge in [-0.2, -0.15) is 0 Å². The van der Waals surface area contributed by atoms with Gasteiger partial charge in [0, 0.05) is 5.92 Å². The number of amides is 1. The highest BCUT2D eigenvalue weighted by molar-refractivity contribution is 7.92. The van der Waals surface area contributed by atoms with E-state index in [2.05, 4.69) is 15.0 Å². The molecule has 0 atom stereocenters. The first-order valence-electron chi connectivity index (χ1n) is 10.9. The first kappa shape index (κ1) is 23.3. The largest absolute Gasteiger partial charge is 0.508 e. The van der Waals surface area contributed by atoms with Gasteiger partial charge < -0.3 is 10.4 Å². The molecule has 1 amide bonds. The number of benzene rings is 2. The highest BCUT2D eigenvalue weighted by Gasteiger charge is 2.24. The molecule has 0 unspecified atom stereocenters. The summed E-state index contributed by atoms with van der Waals surface area (Å²) in [6.45, 7) is 5.32. The van der Waals surface area contributed by atoms with Crippen LogP contribution in [-0.2, 0) is 14.8 Å². The molecular weight excluding hydrogens is 458 g/mol. The van der Waals surface area contributed by atoms with Crippen LogP contribution in [-0.4, -0.2) is 24.4 Å². The summed E-state index contributed by atoms with van der Waals surface area (Å²) in [7, 11) is -3.86. The summed E-state index contributed by atoms with van der Waals surface area (Å²) in [4.78, 5) is 18.0. The minimum absolute atomic E-state index is 0.00782. The van der Waals surface area contributed by atoms with Gasteiger partial charge in [0.05, 0.1) is 21.2 Å². The van der Waals surface area contributed by atoms with Crippen LogP contribution in [0.25, 0.3) is 10.4 Å². The average molecular weight is 486 g/mol. The van der Waals surface area contributed by atoms with E-state index in [9.17, 15) is 18.3 Å². The summed E-state index contributed by atoms with van der Waals surface area (Å²) < 4.78 is 29.0. The lowest BCUT2D eigenvalue weighted by atomic mass is 10.1. The molecule has 3 aromatic rings. The lowest BCUT2D eigenvalue weighted by molar-refractivity contribution is -0.119. The summed E-state index contributed by atoms with van der Waals surface area (Å²) in [5.41, 5.74) is 3.09. The molecule has 1 fully saturated rings. The fraction of sp³-hybridized carbons (Fsp3) is 0.333. The molecule has 9 heteroatoms. The number of phenols is 1. The summed E-state index contributed by atoms with van der Waals surface area (Å²) in [5.74, 6) is 0.127. The lowest BCUT2D eigenvalue weighted by Gasteiger charge is -2.13. The van der Waals surface area contributed by atoms with E-state index >= 15 is 0 Å². The molecule has 1 heterocycles. The molecule has 1 aliphatic carbocycles. The Labute approximate surface area is 198 Å². The Bertz CT molecular complexity index is 1310. The van der Waals surface area contributed by atoms with E-state index in [0.717, 1.165) is 41.8 Å². The Kier molecular flexibility index (Phi) is 6.45. The third-order valence-electron chi connectivity index (χ3n) is 5.95. The molecular formula is C24H27N3O4S2. The highest BCUT2D eigenvalue weighted by Crippen LogP contribution is 2.36. The summed E-state index contributed by atoms with van der Waals surface area (Å²) >= 11 is 1.35. The number of thiazole rings is 1. The second kappa shape index (κ2) is 9.15. The van der Waals surface area contributed by atoms with Gasteiger partial charge in [-0.15, -0.1) is 0 Å². The molecule has 0 saturated heterocycles. The summed E-state index contributed by atoms with van der Waals surface area (Å²) in [6.07, 6.45) is 3.99. The quantitative estimate of drug-likeness (QED) is 0.407. The van der Waals surface area contributed by atoms with E-state index in [-0.39, 0.29) is 22.5 Å². The minimum Gasteiger partial charge on any atom is -0.508 e. The number of rotatable bonds is 6. The van der Waals surface area contributed by atoms with Crippen LogP contribution in [0.2, 0.25) is 0 Å². The minimum atomic E-state index is -3.86. The number of anilines is 2. The molecule has 3 N–H and O–H groups in total. The molecule has 4 rings (SSSR count). The van der Waals surface area contributed by atoms with E-state index in [1.807, 2.05) is 13.0 Å². The van der Waals surface area contributed by atoms with E-state index in [0.29, 0.717) is 21.9 Å². The maximum absolute atomic E-state index is 13.2. The van der Waals surface area contributed by atoms with Crippen LogP contribution in [0.3, 0.4) is 0 Å². The number of aromatic nitrogens is 1. The van der Waals surface area contributed by atoms with Crippen molar-refractivity contribution >= 4 is 38.1 Å². The Morgan fingerprint density at radius 2 is 1.79 bits per heavy atom. The van der Waals surface area contributed by atoms with Crippen molar-refractivity contribution in [2.45, 2.75) is 51.3 Å². The van der Waals surface area contributed by atoms with Crippen LogP contribution in [0.5, 0.6) is 5.75 Å². The Balaban J connectivity index is 1.62. The zero-order valence-corrected chi connectivity index (χ0v) is 20.4. The smallest absolute Gasteiger partial charge is 0.262 e. The molecule has 0 bridgehead atoms. The number of aryl methyl sites for hydroxylation is 3. The number of nitrogens with zero attached hydrogens (tertiary/aromatic N) is 1. The maximum atomic E-state index is 13.2. The van der Waals surface area contributed by atoms with Crippen molar-refractivity contribution in [1.29, 1.82) is 0 Å². The number of hydrogen-bond donors (Lipinski definition) is 3. The van der Waals surface area contributed by atoms with Gasteiger partial charge in [0.15, 0.2) is 5.13 Å². The second-order valence-corrected chi connectivity index (χ2v) is 11.1. The van der Waals surface area contributed by atoms with E-state index in [1.54, 1.807) is 26.0 Å². The number of phenolic OH excluding ortho intramolecular Hbond substituents is 1. The van der Waals surface area contributed by atoms with Crippen LogP contribution in [0.15, 0.2) is 41.3 Å². The SMILES string of the molecule is Cc1cc(O)ccc1NS(=O)(=O)c1cc(-c2sc(NC(=O)C3CCCC3)nc2C)ccc1C. The predicted molar refractivity (Wildman–Crippen MR) is 131 cm³/mol. The van der Waals surface area contributed by atoms with E-state index in [4.69, 9.17) is 0 Å². The molecule has 0 radical (unpaired) electrons. The molecule has 2 aromatic carbocycles. The van der Waals surface area contributed by atoms with Gasteiger partial charge in [-0.3, -0.25) is 9.52 Å². The van der Waals surface area contributed by atoms with Crippen molar-refractivity contribution in [1.82, 2.24) is 4.98 Å². The molecule has 1 aliphatic rings. The molecule has 1 aromatic heterocycles. The van der Waals surface area contributed by atoms with Crippen LogP contribution in [0.4, 0.5) is 10.8 Å². The summed E-state index contributed by atoms with van der Waals surface area (Å²) in [5, 5.41) is 13.1. The monoisotopic (exact) mass is 485 g/mol. The van der Waals surface area contributed by atoms with Crippen LogP contribution < -0.4 is 10.0 Å². The summed E-state index contributed by atoms with van der Waals surface area (Å²) in [6, 6.07) is 9.75. The van der Waals surface area contributed by atoms with Gasteiger partial charge in [-0.05, 0) is 74.6 Å². The average Bonchev–Trinajstić information content (AvgIpc) is 3.40. The number of sulfonamides is 1.